The predicted molar refractivity (Wildman–Crippen MR) is 93.1 cm³/mol. The number of amides is 2. The molecule has 0 aliphatic heterocycles. The van der Waals surface area contributed by atoms with Crippen LogP contribution in [0.4, 0.5) is 0 Å². The van der Waals surface area contributed by atoms with Crippen LogP contribution in [0.1, 0.15) is 39.4 Å². The number of nitrogens with one attached hydrogen (secondary N) is 2. The molecule has 0 saturated heterocycles. The molecule has 0 fully saturated rings. The number of rotatable bonds is 6. The van der Waals surface area contributed by atoms with Crippen LogP contribution in [0.5, 0.6) is 5.75 Å². The number of benzene rings is 1. The number of aryl methyl sites for hydroxylation is 2. The number of hydrazine groups is 1. The van der Waals surface area contributed by atoms with E-state index < -0.39 is 0 Å². The molecule has 0 saturated carbocycles. The van der Waals surface area contributed by atoms with Gasteiger partial charge in [0, 0.05) is 11.3 Å². The fourth-order valence-corrected chi connectivity index (χ4v) is 3.78. The fraction of sp³-hybridized carbons (Fsp3) is 0.333. The Hall–Kier alpha value is -2.34. The smallest absolute Gasteiger partial charge is 0.279 e. The first-order valence-corrected chi connectivity index (χ1v) is 8.92. The minimum absolute atomic E-state index is 0.218. The predicted octanol–water partition coefficient (Wildman–Crippen LogP) is 2.86. The van der Waals surface area contributed by atoms with Crippen molar-refractivity contribution in [3.8, 4) is 5.75 Å². The molecule has 2 aromatic rings. The first-order valence-electron chi connectivity index (χ1n) is 8.11. The Morgan fingerprint density at radius 3 is 2.75 bits per heavy atom. The molecule has 2 N–H and O–H groups in total. The zero-order valence-corrected chi connectivity index (χ0v) is 14.2. The number of ether oxygens (including phenoxy) is 1. The maximum atomic E-state index is 12.0. The second-order valence-corrected chi connectivity index (χ2v) is 6.82. The monoisotopic (exact) mass is 344 g/mol. The Labute approximate surface area is 145 Å². The van der Waals surface area contributed by atoms with Gasteiger partial charge in [-0.15, -0.1) is 11.3 Å². The summed E-state index contributed by atoms with van der Waals surface area (Å²) in [6, 6.07) is 11.4. The van der Waals surface area contributed by atoms with Crippen LogP contribution in [0.3, 0.4) is 0 Å². The third-order valence-corrected chi connectivity index (χ3v) is 5.08. The lowest BCUT2D eigenvalue weighted by atomic mass is 10.2. The van der Waals surface area contributed by atoms with Crippen LogP contribution in [0, 0.1) is 0 Å². The highest BCUT2D eigenvalue weighted by Crippen LogP contribution is 2.30. The number of fused-ring (bicyclic) bond motifs is 1. The van der Waals surface area contributed by atoms with E-state index in [1.807, 2.05) is 36.4 Å². The van der Waals surface area contributed by atoms with E-state index in [0.717, 1.165) is 18.6 Å². The summed E-state index contributed by atoms with van der Waals surface area (Å²) in [5.74, 6) is 0.323. The molecular weight excluding hydrogens is 324 g/mol. The van der Waals surface area contributed by atoms with Crippen LogP contribution in [0.2, 0.25) is 0 Å². The van der Waals surface area contributed by atoms with E-state index in [1.54, 1.807) is 0 Å². The number of thiophene rings is 1. The second kappa shape index (κ2) is 7.97. The highest BCUT2D eigenvalue weighted by Gasteiger charge is 2.18. The third kappa shape index (κ3) is 4.35. The topological polar surface area (TPSA) is 67.4 Å². The van der Waals surface area contributed by atoms with E-state index in [-0.39, 0.29) is 11.8 Å². The molecule has 0 spiro atoms. The quantitative estimate of drug-likeness (QED) is 0.625. The molecule has 5 nitrogen and oxygen atoms in total. The Morgan fingerprint density at radius 2 is 1.96 bits per heavy atom. The Morgan fingerprint density at radius 1 is 1.12 bits per heavy atom. The van der Waals surface area contributed by atoms with Gasteiger partial charge in [-0.25, -0.2) is 0 Å². The number of hydrogen-bond acceptors (Lipinski definition) is 4. The van der Waals surface area contributed by atoms with E-state index in [4.69, 9.17) is 4.74 Å². The van der Waals surface area contributed by atoms with Crippen molar-refractivity contribution in [2.24, 2.45) is 0 Å². The van der Waals surface area contributed by atoms with E-state index in [0.29, 0.717) is 24.3 Å². The summed E-state index contributed by atoms with van der Waals surface area (Å²) in [7, 11) is 0. The number of carbonyl (C=O) groups is 2. The fourth-order valence-electron chi connectivity index (χ4n) is 2.63. The summed E-state index contributed by atoms with van der Waals surface area (Å²) in [4.78, 5) is 25.7. The number of para-hydroxylation sites is 1. The van der Waals surface area contributed by atoms with Gasteiger partial charge in [-0.05, 0) is 49.4 Å². The van der Waals surface area contributed by atoms with E-state index >= 15 is 0 Å². The molecule has 3 rings (SSSR count). The summed E-state index contributed by atoms with van der Waals surface area (Å²) in [5, 5.41) is 0. The van der Waals surface area contributed by atoms with Gasteiger partial charge in [0.2, 0.25) is 5.91 Å². The van der Waals surface area contributed by atoms with Crippen molar-refractivity contribution in [3.63, 3.8) is 0 Å². The van der Waals surface area contributed by atoms with Crippen LogP contribution >= 0.6 is 11.3 Å². The summed E-state index contributed by atoms with van der Waals surface area (Å²) in [6.07, 6.45) is 4.16. The molecule has 1 aliphatic rings. The second-order valence-electron chi connectivity index (χ2n) is 5.68. The van der Waals surface area contributed by atoms with Gasteiger partial charge in [0.05, 0.1) is 11.5 Å². The summed E-state index contributed by atoms with van der Waals surface area (Å²) >= 11 is 1.52. The summed E-state index contributed by atoms with van der Waals surface area (Å²) < 4.78 is 5.52. The molecule has 1 heterocycles. The molecule has 0 radical (unpaired) electrons. The van der Waals surface area contributed by atoms with Crippen LogP contribution in [-0.4, -0.2) is 18.4 Å². The first kappa shape index (κ1) is 16.5. The van der Waals surface area contributed by atoms with E-state index in [2.05, 4.69) is 10.9 Å². The van der Waals surface area contributed by atoms with Gasteiger partial charge >= 0.3 is 0 Å². The Balaban J connectivity index is 1.34. The van der Waals surface area contributed by atoms with Crippen molar-refractivity contribution in [1.29, 1.82) is 0 Å². The van der Waals surface area contributed by atoms with Gasteiger partial charge in [0.1, 0.15) is 5.75 Å². The molecule has 0 atom stereocenters. The molecule has 1 aromatic carbocycles. The van der Waals surface area contributed by atoms with Crippen molar-refractivity contribution in [1.82, 2.24) is 10.9 Å². The van der Waals surface area contributed by atoms with Gasteiger partial charge in [-0.2, -0.15) is 0 Å². The van der Waals surface area contributed by atoms with Gasteiger partial charge in [-0.1, -0.05) is 18.2 Å². The molecule has 1 aromatic heterocycles. The van der Waals surface area contributed by atoms with Crippen molar-refractivity contribution < 1.29 is 14.3 Å². The lowest BCUT2D eigenvalue weighted by Gasteiger charge is -2.07. The van der Waals surface area contributed by atoms with Crippen molar-refractivity contribution in [2.45, 2.75) is 32.1 Å². The van der Waals surface area contributed by atoms with Crippen LogP contribution in [0.25, 0.3) is 0 Å². The molecule has 6 heteroatoms. The van der Waals surface area contributed by atoms with Crippen LogP contribution in [-0.2, 0) is 17.6 Å². The van der Waals surface area contributed by atoms with E-state index in [9.17, 15) is 9.59 Å². The largest absolute Gasteiger partial charge is 0.494 e. The van der Waals surface area contributed by atoms with Gasteiger partial charge in [0.15, 0.2) is 0 Å². The summed E-state index contributed by atoms with van der Waals surface area (Å²) in [6.45, 7) is 0.461. The molecule has 0 bridgehead atoms. The summed E-state index contributed by atoms with van der Waals surface area (Å²) in [5.41, 5.74) is 6.21. The number of hydrogen-bond donors (Lipinski definition) is 2. The lowest BCUT2D eigenvalue weighted by Crippen LogP contribution is -2.41. The normalized spacial score (nSPS) is 12.5. The van der Waals surface area contributed by atoms with Crippen molar-refractivity contribution in [3.05, 3.63) is 51.7 Å². The maximum absolute atomic E-state index is 12.0. The molecule has 126 valence electrons. The molecule has 1 aliphatic carbocycles. The molecule has 2 amide bonds. The maximum Gasteiger partial charge on any atom is 0.279 e. The minimum Gasteiger partial charge on any atom is -0.494 e. The average molecular weight is 344 g/mol. The molecular formula is C18H20N2O3S. The minimum atomic E-state index is -0.247. The lowest BCUT2D eigenvalue weighted by molar-refractivity contribution is -0.122. The average Bonchev–Trinajstić information content (AvgIpc) is 3.19. The van der Waals surface area contributed by atoms with Crippen LogP contribution in [0.15, 0.2) is 36.4 Å². The van der Waals surface area contributed by atoms with Gasteiger partial charge in [0.25, 0.3) is 5.91 Å². The zero-order valence-electron chi connectivity index (χ0n) is 13.3. The van der Waals surface area contributed by atoms with Gasteiger partial charge in [-0.3, -0.25) is 20.4 Å². The standard InChI is InChI=1S/C18H20N2O3S/c21-17(10-5-11-23-14-7-2-1-3-8-14)19-20-18(22)16-12-13-6-4-9-15(13)24-16/h1-3,7-8,12H,4-6,9-11H2,(H,19,21)(H,20,22). The Kier molecular flexibility index (Phi) is 5.48. The zero-order chi connectivity index (χ0) is 16.8. The van der Waals surface area contributed by atoms with E-state index in [1.165, 1.54) is 28.2 Å². The van der Waals surface area contributed by atoms with Crippen molar-refractivity contribution in [2.75, 3.05) is 6.61 Å². The molecule has 0 unspecified atom stereocenters. The molecule has 24 heavy (non-hydrogen) atoms. The highest BCUT2D eigenvalue weighted by atomic mass is 32.1. The van der Waals surface area contributed by atoms with Crippen LogP contribution < -0.4 is 15.6 Å². The SMILES string of the molecule is O=C(CCCOc1ccccc1)NNC(=O)c1cc2c(s1)CCC2. The first-order chi connectivity index (χ1) is 11.7. The highest BCUT2D eigenvalue weighted by molar-refractivity contribution is 7.14. The number of carbonyl (C=O) groups excluding carboxylic acids is 2. The van der Waals surface area contributed by atoms with Gasteiger partial charge < -0.3 is 4.74 Å². The third-order valence-electron chi connectivity index (χ3n) is 3.85. The van der Waals surface area contributed by atoms with Crippen molar-refractivity contribution >= 4 is 23.2 Å². The Bertz CT molecular complexity index is 691.